The van der Waals surface area contributed by atoms with Gasteiger partial charge in [-0.05, 0) is 67.1 Å². The molecule has 0 bridgehead atoms. The predicted octanol–water partition coefficient (Wildman–Crippen LogP) is 3.80. The largest absolute Gasteiger partial charge is 0.341 e. The molecule has 0 aliphatic heterocycles. The minimum atomic E-state index is 0.239. The Labute approximate surface area is 112 Å². The van der Waals surface area contributed by atoms with Crippen LogP contribution in [0.5, 0.6) is 0 Å². The van der Waals surface area contributed by atoms with E-state index in [1.54, 1.807) is 11.3 Å². The standard InChI is InChI=1S/C15H20N2S/c1-10-8-13-14(16)4-3-5-15(13)17(10)11(2)12-6-7-18-9-12/h6-9,11,14H,3-5,16H2,1-2H3. The van der Waals surface area contributed by atoms with Gasteiger partial charge in [0.05, 0.1) is 6.04 Å². The molecule has 2 atom stereocenters. The fourth-order valence-electron chi connectivity index (χ4n) is 3.16. The topological polar surface area (TPSA) is 30.9 Å². The monoisotopic (exact) mass is 260 g/mol. The molecule has 2 nitrogen and oxygen atoms in total. The van der Waals surface area contributed by atoms with E-state index in [4.69, 9.17) is 5.73 Å². The van der Waals surface area contributed by atoms with Crippen LogP contribution in [-0.4, -0.2) is 4.57 Å². The summed E-state index contributed by atoms with van der Waals surface area (Å²) < 4.78 is 2.48. The second-order valence-electron chi connectivity index (χ2n) is 5.29. The van der Waals surface area contributed by atoms with E-state index >= 15 is 0 Å². The Morgan fingerprint density at radius 2 is 2.33 bits per heavy atom. The number of rotatable bonds is 2. The van der Waals surface area contributed by atoms with Crippen molar-refractivity contribution >= 4 is 11.3 Å². The highest BCUT2D eigenvalue weighted by Gasteiger charge is 2.24. The summed E-state index contributed by atoms with van der Waals surface area (Å²) in [5, 5.41) is 4.40. The SMILES string of the molecule is Cc1cc2c(n1C(C)c1ccsc1)CCCC2N. The maximum absolute atomic E-state index is 6.24. The number of nitrogens with two attached hydrogens (primary N) is 1. The molecular formula is C15H20N2S. The zero-order valence-electron chi connectivity index (χ0n) is 11.0. The molecule has 3 heteroatoms. The van der Waals surface area contributed by atoms with Crippen LogP contribution in [0.25, 0.3) is 0 Å². The summed E-state index contributed by atoms with van der Waals surface area (Å²) in [6, 6.07) is 5.18. The lowest BCUT2D eigenvalue weighted by Gasteiger charge is -2.24. The number of fused-ring (bicyclic) bond motifs is 1. The number of hydrogen-bond acceptors (Lipinski definition) is 2. The van der Waals surface area contributed by atoms with Gasteiger partial charge in [-0.3, -0.25) is 0 Å². The second-order valence-corrected chi connectivity index (χ2v) is 6.07. The molecule has 2 heterocycles. The van der Waals surface area contributed by atoms with Crippen LogP contribution in [0.1, 0.15) is 54.4 Å². The Bertz CT molecular complexity index is 539. The minimum Gasteiger partial charge on any atom is -0.341 e. The van der Waals surface area contributed by atoms with E-state index in [-0.39, 0.29) is 6.04 Å². The van der Waals surface area contributed by atoms with Crippen LogP contribution in [0, 0.1) is 6.92 Å². The molecule has 0 amide bonds. The predicted molar refractivity (Wildman–Crippen MR) is 77.2 cm³/mol. The molecule has 1 aliphatic carbocycles. The van der Waals surface area contributed by atoms with Crippen LogP contribution in [-0.2, 0) is 6.42 Å². The Kier molecular flexibility index (Phi) is 3.04. The van der Waals surface area contributed by atoms with Gasteiger partial charge in [0.15, 0.2) is 0 Å². The number of nitrogens with zero attached hydrogens (tertiary/aromatic N) is 1. The van der Waals surface area contributed by atoms with Crippen molar-refractivity contribution in [3.05, 3.63) is 45.4 Å². The molecule has 2 aromatic heterocycles. The quantitative estimate of drug-likeness (QED) is 0.874. The van der Waals surface area contributed by atoms with Crippen molar-refractivity contribution in [2.45, 2.75) is 45.2 Å². The molecule has 0 fully saturated rings. The lowest BCUT2D eigenvalue weighted by atomic mass is 9.93. The van der Waals surface area contributed by atoms with Crippen molar-refractivity contribution in [3.8, 4) is 0 Å². The van der Waals surface area contributed by atoms with Crippen LogP contribution < -0.4 is 5.73 Å². The first kappa shape index (κ1) is 12.0. The molecule has 2 unspecified atom stereocenters. The number of thiophene rings is 1. The Morgan fingerprint density at radius 3 is 3.06 bits per heavy atom. The van der Waals surface area contributed by atoms with Gasteiger partial charge in [0.1, 0.15) is 0 Å². The summed E-state index contributed by atoms with van der Waals surface area (Å²) in [5.41, 5.74) is 11.8. The molecular weight excluding hydrogens is 240 g/mol. The summed E-state index contributed by atoms with van der Waals surface area (Å²) in [7, 11) is 0. The molecule has 96 valence electrons. The van der Waals surface area contributed by atoms with Crippen LogP contribution in [0.2, 0.25) is 0 Å². The van der Waals surface area contributed by atoms with Crippen molar-refractivity contribution < 1.29 is 0 Å². The highest BCUT2D eigenvalue weighted by Crippen LogP contribution is 2.34. The van der Waals surface area contributed by atoms with Gasteiger partial charge in [-0.15, -0.1) is 0 Å². The van der Waals surface area contributed by atoms with Gasteiger partial charge in [-0.25, -0.2) is 0 Å². The normalized spacial score (nSPS) is 20.7. The molecule has 0 saturated carbocycles. The lowest BCUT2D eigenvalue weighted by Crippen LogP contribution is -2.19. The third-order valence-electron chi connectivity index (χ3n) is 4.11. The molecule has 1 aliphatic rings. The van der Waals surface area contributed by atoms with Crippen molar-refractivity contribution in [2.75, 3.05) is 0 Å². The van der Waals surface area contributed by atoms with Gasteiger partial charge >= 0.3 is 0 Å². The first-order chi connectivity index (χ1) is 8.68. The van der Waals surface area contributed by atoms with E-state index in [0.29, 0.717) is 6.04 Å². The highest BCUT2D eigenvalue weighted by molar-refractivity contribution is 7.07. The smallest absolute Gasteiger partial charge is 0.0565 e. The summed E-state index contributed by atoms with van der Waals surface area (Å²) in [4.78, 5) is 0. The van der Waals surface area contributed by atoms with Crippen molar-refractivity contribution in [1.82, 2.24) is 4.57 Å². The van der Waals surface area contributed by atoms with Crippen LogP contribution in [0.3, 0.4) is 0 Å². The van der Waals surface area contributed by atoms with E-state index in [1.165, 1.54) is 35.4 Å². The van der Waals surface area contributed by atoms with Gasteiger partial charge in [0.25, 0.3) is 0 Å². The summed E-state index contributed by atoms with van der Waals surface area (Å²) in [5.74, 6) is 0. The van der Waals surface area contributed by atoms with Crippen molar-refractivity contribution in [1.29, 1.82) is 0 Å². The molecule has 0 saturated heterocycles. The van der Waals surface area contributed by atoms with Gasteiger partial charge in [-0.2, -0.15) is 11.3 Å². The molecule has 18 heavy (non-hydrogen) atoms. The molecule has 2 aromatic rings. The van der Waals surface area contributed by atoms with Crippen LogP contribution in [0.4, 0.5) is 0 Å². The van der Waals surface area contributed by atoms with Crippen LogP contribution in [0.15, 0.2) is 22.9 Å². The minimum absolute atomic E-state index is 0.239. The van der Waals surface area contributed by atoms with E-state index in [2.05, 4.69) is 41.3 Å². The van der Waals surface area contributed by atoms with Gasteiger partial charge in [0.2, 0.25) is 0 Å². The fraction of sp³-hybridized carbons (Fsp3) is 0.467. The third kappa shape index (κ3) is 1.82. The Hall–Kier alpha value is -1.06. The number of hydrogen-bond donors (Lipinski definition) is 1. The zero-order chi connectivity index (χ0) is 12.7. The lowest BCUT2D eigenvalue weighted by molar-refractivity contribution is 0.522. The summed E-state index contributed by atoms with van der Waals surface area (Å²) in [6.45, 7) is 4.49. The van der Waals surface area contributed by atoms with Crippen molar-refractivity contribution in [2.24, 2.45) is 5.73 Å². The molecule has 0 radical (unpaired) electrons. The average Bonchev–Trinajstić information content (AvgIpc) is 2.96. The Morgan fingerprint density at radius 1 is 1.50 bits per heavy atom. The Balaban J connectivity index is 2.07. The van der Waals surface area contributed by atoms with E-state index in [9.17, 15) is 0 Å². The second kappa shape index (κ2) is 4.56. The van der Waals surface area contributed by atoms with Gasteiger partial charge < -0.3 is 10.3 Å². The van der Waals surface area contributed by atoms with E-state index < -0.39 is 0 Å². The van der Waals surface area contributed by atoms with Gasteiger partial charge in [-0.1, -0.05) is 0 Å². The molecule has 3 rings (SSSR count). The number of aromatic nitrogens is 1. The van der Waals surface area contributed by atoms with E-state index in [0.717, 1.165) is 6.42 Å². The highest BCUT2D eigenvalue weighted by atomic mass is 32.1. The third-order valence-corrected chi connectivity index (χ3v) is 4.81. The first-order valence-electron chi connectivity index (χ1n) is 6.66. The maximum atomic E-state index is 6.24. The molecule has 2 N–H and O–H groups in total. The van der Waals surface area contributed by atoms with Crippen molar-refractivity contribution in [3.63, 3.8) is 0 Å². The van der Waals surface area contributed by atoms with Gasteiger partial charge in [0, 0.05) is 17.4 Å². The maximum Gasteiger partial charge on any atom is 0.0565 e. The summed E-state index contributed by atoms with van der Waals surface area (Å²) >= 11 is 1.77. The average molecular weight is 260 g/mol. The summed E-state index contributed by atoms with van der Waals surface area (Å²) in [6.07, 6.45) is 3.52. The van der Waals surface area contributed by atoms with E-state index in [1.807, 2.05) is 0 Å². The molecule has 0 aromatic carbocycles. The fourth-order valence-corrected chi connectivity index (χ4v) is 3.91. The zero-order valence-corrected chi connectivity index (χ0v) is 11.8. The first-order valence-corrected chi connectivity index (χ1v) is 7.61. The van der Waals surface area contributed by atoms with Crippen LogP contribution >= 0.6 is 11.3 Å². The number of aryl methyl sites for hydroxylation is 1. The molecule has 0 spiro atoms.